The minimum atomic E-state index is -4.43. The molecule has 0 rings (SSSR count). The number of aliphatic hydroxyl groups is 2. The van der Waals surface area contributed by atoms with Crippen LogP contribution < -0.4 is 0 Å². The number of rotatable bonds is 18. The largest absolute Gasteiger partial charge is 0.391 e. The van der Waals surface area contributed by atoms with Gasteiger partial charge in [0.05, 0.1) is 18.8 Å². The highest BCUT2D eigenvalue weighted by Crippen LogP contribution is 2.12. The maximum atomic E-state index is 11.3. The lowest BCUT2D eigenvalue weighted by molar-refractivity contribution is 0.00822. The molecule has 0 radical (unpaired) electrons. The zero-order valence-corrected chi connectivity index (χ0v) is 18.2. The summed E-state index contributed by atoms with van der Waals surface area (Å²) in [6.07, 6.45) is 10.3. The van der Waals surface area contributed by atoms with Gasteiger partial charge in [-0.25, -0.2) is 0 Å². The molecular weight excluding hydrogens is 370 g/mol. The second-order valence-corrected chi connectivity index (χ2v) is 9.01. The lowest BCUT2D eigenvalue weighted by Crippen LogP contribution is -2.48. The van der Waals surface area contributed by atoms with Gasteiger partial charge in [0.2, 0.25) is 0 Å². The fourth-order valence-corrected chi connectivity index (χ4v) is 4.28. The van der Waals surface area contributed by atoms with Crippen molar-refractivity contribution in [3.63, 3.8) is 0 Å². The Bertz CT molecular complexity index is 443. The van der Waals surface area contributed by atoms with Crippen molar-refractivity contribution in [2.24, 2.45) is 0 Å². The molecule has 0 fully saturated rings. The van der Waals surface area contributed by atoms with Gasteiger partial charge in [-0.15, -0.1) is 0 Å². The van der Waals surface area contributed by atoms with E-state index in [9.17, 15) is 23.2 Å². The van der Waals surface area contributed by atoms with E-state index in [4.69, 9.17) is 4.74 Å². The summed E-state index contributed by atoms with van der Waals surface area (Å²) in [6.45, 7) is 4.15. The quantitative estimate of drug-likeness (QED) is 0.235. The Morgan fingerprint density at radius 3 is 1.85 bits per heavy atom. The molecule has 0 aromatic carbocycles. The Morgan fingerprint density at radius 1 is 0.926 bits per heavy atom. The van der Waals surface area contributed by atoms with Crippen molar-refractivity contribution < 1.29 is 27.9 Å². The number of nitrogens with zero attached hydrogens (tertiary/aromatic N) is 1. The number of hydrogen-bond acceptors (Lipinski definition) is 6. The number of aliphatic hydroxyl groups excluding tert-OH is 2. The number of unbranched alkanes of at least 4 members (excludes halogenated alkanes) is 9. The van der Waals surface area contributed by atoms with Crippen molar-refractivity contribution in [2.75, 3.05) is 26.8 Å². The molecule has 0 aliphatic carbocycles. The second-order valence-electron chi connectivity index (χ2n) is 7.50. The molecule has 0 bridgehead atoms. The first kappa shape index (κ1) is 26.8. The van der Waals surface area contributed by atoms with Gasteiger partial charge in [0.15, 0.2) is 5.37 Å². The molecule has 3 N–H and O–H groups in total. The van der Waals surface area contributed by atoms with Crippen molar-refractivity contribution >= 4 is 10.1 Å². The van der Waals surface area contributed by atoms with Crippen molar-refractivity contribution in [2.45, 2.75) is 95.6 Å². The lowest BCUT2D eigenvalue weighted by Gasteiger charge is -2.29. The molecular formula is C19H41NO6S. The Balaban J connectivity index is 3.70. The van der Waals surface area contributed by atoms with Gasteiger partial charge in [-0.05, 0) is 20.4 Å². The molecule has 3 atom stereocenters. The first-order chi connectivity index (χ1) is 12.7. The normalized spacial score (nSPS) is 15.8. The number of likely N-dealkylation sites (N-methyl/N-ethyl adjacent to an activating group) is 1. The molecule has 0 aromatic heterocycles. The van der Waals surface area contributed by atoms with E-state index >= 15 is 0 Å². The van der Waals surface area contributed by atoms with E-state index in [1.54, 1.807) is 0 Å². The molecule has 3 unspecified atom stereocenters. The SMILES string of the molecule is CCCCCCCCCCCCOCC(O)CN(C)C(C(C)O)S(=O)(=O)O. The standard InChI is InChI=1S/C19H41NO6S/c1-4-5-6-7-8-9-10-11-12-13-14-26-16-18(22)15-20(3)19(17(2)21)27(23,24)25/h17-19,21-22H,4-16H2,1-3H3,(H,23,24,25). The van der Waals surface area contributed by atoms with E-state index in [2.05, 4.69) is 6.92 Å². The van der Waals surface area contributed by atoms with Crippen LogP contribution in [0, 0.1) is 0 Å². The predicted molar refractivity (Wildman–Crippen MR) is 108 cm³/mol. The third kappa shape index (κ3) is 14.4. The highest BCUT2D eigenvalue weighted by atomic mass is 32.2. The maximum absolute atomic E-state index is 11.3. The average molecular weight is 412 g/mol. The minimum Gasteiger partial charge on any atom is -0.391 e. The molecule has 8 heteroatoms. The fourth-order valence-electron chi connectivity index (χ4n) is 3.24. The van der Waals surface area contributed by atoms with Crippen LogP contribution >= 0.6 is 0 Å². The van der Waals surface area contributed by atoms with Crippen molar-refractivity contribution in [3.05, 3.63) is 0 Å². The molecule has 0 heterocycles. The number of hydrogen-bond donors (Lipinski definition) is 3. The zero-order chi connectivity index (χ0) is 20.7. The summed E-state index contributed by atoms with van der Waals surface area (Å²) in [5.74, 6) is 0. The van der Waals surface area contributed by atoms with E-state index in [0.717, 1.165) is 12.8 Å². The van der Waals surface area contributed by atoms with Gasteiger partial charge >= 0.3 is 0 Å². The first-order valence-electron chi connectivity index (χ1n) is 10.3. The van der Waals surface area contributed by atoms with Crippen molar-refractivity contribution in [1.29, 1.82) is 0 Å². The Labute approximate surface area is 165 Å². The molecule has 0 aliphatic heterocycles. The van der Waals surface area contributed by atoms with Crippen molar-refractivity contribution in [1.82, 2.24) is 4.90 Å². The summed E-state index contributed by atoms with van der Waals surface area (Å²) in [4.78, 5) is 1.22. The molecule has 0 saturated carbocycles. The monoisotopic (exact) mass is 411 g/mol. The van der Waals surface area contributed by atoms with Crippen LogP contribution in [0.2, 0.25) is 0 Å². The first-order valence-corrected chi connectivity index (χ1v) is 11.8. The van der Waals surface area contributed by atoms with Crippen LogP contribution in [0.3, 0.4) is 0 Å². The highest BCUT2D eigenvalue weighted by Gasteiger charge is 2.33. The molecule has 7 nitrogen and oxygen atoms in total. The molecule has 27 heavy (non-hydrogen) atoms. The number of ether oxygens (including phenoxy) is 1. The summed E-state index contributed by atoms with van der Waals surface area (Å²) < 4.78 is 37.2. The summed E-state index contributed by atoms with van der Waals surface area (Å²) in [5.41, 5.74) is 0. The molecule has 0 amide bonds. The fraction of sp³-hybridized carbons (Fsp3) is 1.00. The van der Waals surface area contributed by atoms with Gasteiger partial charge in [0.1, 0.15) is 0 Å². The summed E-state index contributed by atoms with van der Waals surface area (Å²) >= 11 is 0. The zero-order valence-electron chi connectivity index (χ0n) is 17.3. The summed E-state index contributed by atoms with van der Waals surface area (Å²) in [5, 5.41) is 18.0. The summed E-state index contributed by atoms with van der Waals surface area (Å²) in [6, 6.07) is 0. The molecule has 164 valence electrons. The molecule has 0 aliphatic rings. The van der Waals surface area contributed by atoms with E-state index in [-0.39, 0.29) is 13.2 Å². The summed E-state index contributed by atoms with van der Waals surface area (Å²) in [7, 11) is -3.00. The van der Waals surface area contributed by atoms with E-state index in [1.165, 1.54) is 70.2 Å². The average Bonchev–Trinajstić information content (AvgIpc) is 2.54. The van der Waals surface area contributed by atoms with Crippen LogP contribution in [-0.4, -0.2) is 72.5 Å². The van der Waals surface area contributed by atoms with Gasteiger partial charge in [0, 0.05) is 13.2 Å². The third-order valence-corrected chi connectivity index (χ3v) is 5.97. The van der Waals surface area contributed by atoms with Crippen molar-refractivity contribution in [3.8, 4) is 0 Å². The molecule has 0 spiro atoms. The smallest absolute Gasteiger partial charge is 0.283 e. The van der Waals surface area contributed by atoms with Gasteiger partial charge in [-0.1, -0.05) is 64.7 Å². The molecule has 0 aromatic rings. The minimum absolute atomic E-state index is 0.0204. The lowest BCUT2D eigenvalue weighted by atomic mass is 10.1. The van der Waals surface area contributed by atoms with Crippen LogP contribution in [0.15, 0.2) is 0 Å². The van der Waals surface area contributed by atoms with Gasteiger partial charge < -0.3 is 14.9 Å². The molecule has 0 saturated heterocycles. The third-order valence-electron chi connectivity index (χ3n) is 4.60. The van der Waals surface area contributed by atoms with Gasteiger partial charge in [-0.3, -0.25) is 9.45 Å². The van der Waals surface area contributed by atoms with E-state index in [0.29, 0.717) is 6.61 Å². The van der Waals surface area contributed by atoms with Crippen LogP contribution in [-0.2, 0) is 14.9 Å². The predicted octanol–water partition coefficient (Wildman–Crippen LogP) is 2.81. The van der Waals surface area contributed by atoms with E-state index in [1.807, 2.05) is 0 Å². The second kappa shape index (κ2) is 15.6. The van der Waals surface area contributed by atoms with Crippen LogP contribution in [0.1, 0.15) is 78.1 Å². The van der Waals surface area contributed by atoms with Crippen LogP contribution in [0.4, 0.5) is 0 Å². The van der Waals surface area contributed by atoms with Crippen LogP contribution in [0.25, 0.3) is 0 Å². The Hall–Kier alpha value is -0.250. The van der Waals surface area contributed by atoms with E-state index < -0.39 is 27.7 Å². The van der Waals surface area contributed by atoms with Gasteiger partial charge in [0.25, 0.3) is 10.1 Å². The maximum Gasteiger partial charge on any atom is 0.283 e. The Morgan fingerprint density at radius 2 is 1.41 bits per heavy atom. The Kier molecular flexibility index (Phi) is 15.5. The topological polar surface area (TPSA) is 107 Å². The van der Waals surface area contributed by atoms with Gasteiger partial charge in [-0.2, -0.15) is 8.42 Å². The highest BCUT2D eigenvalue weighted by molar-refractivity contribution is 7.86. The van der Waals surface area contributed by atoms with Crippen LogP contribution in [0.5, 0.6) is 0 Å².